The van der Waals surface area contributed by atoms with Gasteiger partial charge in [0, 0.05) is 20.0 Å². The molecule has 1 heterocycles. The Hall–Kier alpha value is -1.14. The summed E-state index contributed by atoms with van der Waals surface area (Å²) >= 11 is 0. The zero-order chi connectivity index (χ0) is 17.8. The molecule has 0 bridgehead atoms. The lowest BCUT2D eigenvalue weighted by molar-refractivity contribution is -0.156. The van der Waals surface area contributed by atoms with E-state index in [4.69, 9.17) is 18.9 Å². The van der Waals surface area contributed by atoms with Crippen LogP contribution in [-0.4, -0.2) is 50.6 Å². The summed E-state index contributed by atoms with van der Waals surface area (Å²) in [6.45, 7) is 4.58. The van der Waals surface area contributed by atoms with E-state index in [1.54, 1.807) is 7.11 Å². The van der Waals surface area contributed by atoms with Crippen LogP contribution in [0.4, 0.5) is 0 Å². The van der Waals surface area contributed by atoms with E-state index in [1.807, 2.05) is 0 Å². The van der Waals surface area contributed by atoms with E-state index in [0.717, 1.165) is 38.5 Å². The van der Waals surface area contributed by atoms with E-state index in [0.29, 0.717) is 12.8 Å². The summed E-state index contributed by atoms with van der Waals surface area (Å²) in [5, 5.41) is 0. The summed E-state index contributed by atoms with van der Waals surface area (Å²) in [7, 11) is 1.55. The van der Waals surface area contributed by atoms with Gasteiger partial charge in [0.2, 0.25) is 0 Å². The molecule has 0 aromatic heterocycles. The van der Waals surface area contributed by atoms with Crippen molar-refractivity contribution in [3.8, 4) is 0 Å². The molecule has 1 rings (SSSR count). The van der Waals surface area contributed by atoms with Crippen molar-refractivity contribution in [1.82, 2.24) is 0 Å². The third kappa shape index (κ3) is 7.62. The molecular formula is C18H32O6. The van der Waals surface area contributed by atoms with Crippen LogP contribution < -0.4 is 0 Å². The van der Waals surface area contributed by atoms with Crippen molar-refractivity contribution < 1.29 is 28.5 Å². The molecule has 3 atom stereocenters. The lowest BCUT2D eigenvalue weighted by Gasteiger charge is -2.21. The standard InChI is InChI=1S/C18H32O6/c1-4-6-8-10-16(19)23-12-14-18(21-3)15(13-22-14)24-17(20)11-9-7-5-2/h14-15,18H,4-13H2,1-3H3/t14-,15+,18-/m0/s1. The average Bonchev–Trinajstić information content (AvgIpc) is 2.95. The Balaban J connectivity index is 2.32. The molecule has 24 heavy (non-hydrogen) atoms. The molecule has 0 aliphatic carbocycles. The van der Waals surface area contributed by atoms with Crippen LogP contribution in [-0.2, 0) is 28.5 Å². The first-order valence-corrected chi connectivity index (χ1v) is 9.11. The van der Waals surface area contributed by atoms with Crippen molar-refractivity contribution in [2.24, 2.45) is 0 Å². The Kier molecular flexibility index (Phi) is 10.7. The third-order valence-electron chi connectivity index (χ3n) is 4.14. The SMILES string of the molecule is CCCCCC(=O)OC[C@@H]1OC[C@@H](OC(=O)CCCCC)[C@H]1OC. The van der Waals surface area contributed by atoms with Crippen LogP contribution >= 0.6 is 0 Å². The molecule has 1 fully saturated rings. The highest BCUT2D eigenvalue weighted by molar-refractivity contribution is 5.70. The minimum Gasteiger partial charge on any atom is -0.463 e. The molecule has 6 nitrogen and oxygen atoms in total. The summed E-state index contributed by atoms with van der Waals surface area (Å²) in [5.74, 6) is -0.446. The summed E-state index contributed by atoms with van der Waals surface area (Å²) < 4.78 is 21.7. The normalized spacial score (nSPS) is 23.2. The first-order chi connectivity index (χ1) is 11.6. The molecule has 1 saturated heterocycles. The summed E-state index contributed by atoms with van der Waals surface area (Å²) in [6, 6.07) is 0. The number of hydrogen-bond acceptors (Lipinski definition) is 6. The van der Waals surface area contributed by atoms with Gasteiger partial charge in [0.05, 0.1) is 6.61 Å². The first-order valence-electron chi connectivity index (χ1n) is 9.11. The monoisotopic (exact) mass is 344 g/mol. The summed E-state index contributed by atoms with van der Waals surface area (Å²) in [4.78, 5) is 23.5. The van der Waals surface area contributed by atoms with Crippen LogP contribution in [0.3, 0.4) is 0 Å². The van der Waals surface area contributed by atoms with E-state index in [2.05, 4.69) is 13.8 Å². The van der Waals surface area contributed by atoms with Crippen LogP contribution in [0.5, 0.6) is 0 Å². The molecule has 0 N–H and O–H groups in total. The quantitative estimate of drug-likeness (QED) is 0.400. The summed E-state index contributed by atoms with van der Waals surface area (Å²) in [6.07, 6.45) is 5.45. The van der Waals surface area contributed by atoms with Gasteiger partial charge in [-0.2, -0.15) is 0 Å². The predicted octanol–water partition coefficient (Wildman–Crippen LogP) is 3.02. The predicted molar refractivity (Wildman–Crippen MR) is 89.7 cm³/mol. The number of hydrogen-bond donors (Lipinski definition) is 0. The minimum absolute atomic E-state index is 0.132. The Morgan fingerprint density at radius 3 is 2.21 bits per heavy atom. The van der Waals surface area contributed by atoms with Gasteiger partial charge in [-0.25, -0.2) is 0 Å². The molecule has 0 aromatic carbocycles. The summed E-state index contributed by atoms with van der Waals surface area (Å²) in [5.41, 5.74) is 0. The zero-order valence-electron chi connectivity index (χ0n) is 15.3. The van der Waals surface area contributed by atoms with Gasteiger partial charge in [-0.3, -0.25) is 9.59 Å². The molecule has 140 valence electrons. The second kappa shape index (κ2) is 12.3. The topological polar surface area (TPSA) is 71.1 Å². The van der Waals surface area contributed by atoms with Crippen molar-refractivity contribution >= 4 is 11.9 Å². The van der Waals surface area contributed by atoms with E-state index in [1.165, 1.54) is 0 Å². The Morgan fingerprint density at radius 2 is 1.62 bits per heavy atom. The number of carbonyl (C=O) groups is 2. The number of unbranched alkanes of at least 4 members (excludes halogenated alkanes) is 4. The highest BCUT2D eigenvalue weighted by Gasteiger charge is 2.40. The van der Waals surface area contributed by atoms with Crippen molar-refractivity contribution in [3.05, 3.63) is 0 Å². The van der Waals surface area contributed by atoms with Gasteiger partial charge in [-0.1, -0.05) is 39.5 Å². The molecule has 0 spiro atoms. The lowest BCUT2D eigenvalue weighted by Crippen LogP contribution is -2.38. The number of esters is 2. The fourth-order valence-electron chi connectivity index (χ4n) is 2.71. The Bertz CT molecular complexity index is 371. The average molecular weight is 344 g/mol. The van der Waals surface area contributed by atoms with Gasteiger partial charge < -0.3 is 18.9 Å². The molecule has 1 aliphatic rings. The van der Waals surface area contributed by atoms with Crippen molar-refractivity contribution in [2.75, 3.05) is 20.3 Å². The van der Waals surface area contributed by atoms with Gasteiger partial charge in [-0.05, 0) is 12.8 Å². The molecule has 0 unspecified atom stereocenters. The molecule has 0 radical (unpaired) electrons. The second-order valence-corrected chi connectivity index (χ2v) is 6.20. The van der Waals surface area contributed by atoms with Gasteiger partial charge in [0.1, 0.15) is 18.8 Å². The third-order valence-corrected chi connectivity index (χ3v) is 4.14. The molecule has 0 amide bonds. The van der Waals surface area contributed by atoms with Gasteiger partial charge in [-0.15, -0.1) is 0 Å². The number of ether oxygens (including phenoxy) is 4. The maximum absolute atomic E-state index is 11.8. The van der Waals surface area contributed by atoms with Crippen molar-refractivity contribution in [2.45, 2.75) is 83.5 Å². The largest absolute Gasteiger partial charge is 0.463 e. The maximum Gasteiger partial charge on any atom is 0.306 e. The van der Waals surface area contributed by atoms with E-state index < -0.39 is 18.3 Å². The van der Waals surface area contributed by atoms with E-state index >= 15 is 0 Å². The Morgan fingerprint density at radius 1 is 1.00 bits per heavy atom. The van der Waals surface area contributed by atoms with Crippen LogP contribution in [0.25, 0.3) is 0 Å². The van der Waals surface area contributed by atoms with E-state index in [-0.39, 0.29) is 25.2 Å². The highest BCUT2D eigenvalue weighted by Crippen LogP contribution is 2.21. The zero-order valence-corrected chi connectivity index (χ0v) is 15.3. The number of methoxy groups -OCH3 is 1. The fourth-order valence-corrected chi connectivity index (χ4v) is 2.71. The second-order valence-electron chi connectivity index (χ2n) is 6.20. The van der Waals surface area contributed by atoms with Gasteiger partial charge in [0.15, 0.2) is 6.10 Å². The highest BCUT2D eigenvalue weighted by atomic mass is 16.6. The van der Waals surface area contributed by atoms with Gasteiger partial charge in [0.25, 0.3) is 0 Å². The molecular weight excluding hydrogens is 312 g/mol. The molecule has 6 heteroatoms. The van der Waals surface area contributed by atoms with Crippen LogP contribution in [0.1, 0.15) is 65.2 Å². The Labute approximate surface area is 145 Å². The lowest BCUT2D eigenvalue weighted by atomic mass is 10.1. The first kappa shape index (κ1) is 20.9. The van der Waals surface area contributed by atoms with Crippen LogP contribution in [0.2, 0.25) is 0 Å². The smallest absolute Gasteiger partial charge is 0.306 e. The fraction of sp³-hybridized carbons (Fsp3) is 0.889. The number of rotatable bonds is 12. The van der Waals surface area contributed by atoms with Crippen LogP contribution in [0, 0.1) is 0 Å². The molecule has 0 saturated carbocycles. The number of carbonyl (C=O) groups excluding carboxylic acids is 2. The van der Waals surface area contributed by atoms with Gasteiger partial charge >= 0.3 is 11.9 Å². The van der Waals surface area contributed by atoms with Crippen LogP contribution in [0.15, 0.2) is 0 Å². The van der Waals surface area contributed by atoms with Crippen molar-refractivity contribution in [1.29, 1.82) is 0 Å². The minimum atomic E-state index is -0.437. The molecule has 0 aromatic rings. The molecule has 1 aliphatic heterocycles. The van der Waals surface area contributed by atoms with Crippen molar-refractivity contribution in [3.63, 3.8) is 0 Å². The maximum atomic E-state index is 11.8. The van der Waals surface area contributed by atoms with E-state index in [9.17, 15) is 9.59 Å².